The van der Waals surface area contributed by atoms with Crippen LogP contribution in [0, 0.1) is 0 Å². The Morgan fingerprint density at radius 1 is 1.21 bits per heavy atom. The van der Waals surface area contributed by atoms with E-state index in [-0.39, 0.29) is 18.2 Å². The molecule has 1 aromatic carbocycles. The van der Waals surface area contributed by atoms with Crippen molar-refractivity contribution >= 4 is 18.1 Å². The summed E-state index contributed by atoms with van der Waals surface area (Å²) in [5, 5.41) is 6.43. The second-order valence-corrected chi connectivity index (χ2v) is 4.86. The van der Waals surface area contributed by atoms with Crippen LogP contribution in [0.3, 0.4) is 0 Å². The molecule has 1 N–H and O–H groups in total. The molecule has 1 aliphatic rings. The number of carbonyl (C=O) groups is 1. The summed E-state index contributed by atoms with van der Waals surface area (Å²) in [6, 6.07) is 5.92. The third-order valence-electron chi connectivity index (χ3n) is 3.27. The number of hydrogen-bond acceptors (Lipinski definition) is 3. The lowest BCUT2D eigenvalue weighted by atomic mass is 10.1. The number of aromatic nitrogens is 2. The number of nitrogens with one attached hydrogen (secondary N) is 1. The van der Waals surface area contributed by atoms with Gasteiger partial charge in [0.05, 0.1) is 17.4 Å². The average molecular weight is 335 g/mol. The van der Waals surface area contributed by atoms with Crippen molar-refractivity contribution in [2.45, 2.75) is 6.18 Å². The van der Waals surface area contributed by atoms with E-state index in [0.29, 0.717) is 0 Å². The Morgan fingerprint density at radius 3 is 2.71 bits per heavy atom. The Morgan fingerprint density at radius 2 is 2.00 bits per heavy atom. The summed E-state index contributed by atoms with van der Waals surface area (Å²) in [4.78, 5) is 17.4. The molecule has 1 aliphatic heterocycles. The van der Waals surface area contributed by atoms with Crippen LogP contribution in [0.25, 0.3) is 5.69 Å². The standard InChI is InChI=1S/C15H12F3N5O/c16-15(17,18)11-4-1-2-5-12(11)23-13(6-8-20-23)21-14(24)22-9-3-7-19-10-22/h1-9H,10H2,(H,21,24). The fourth-order valence-corrected chi connectivity index (χ4v) is 2.19. The lowest BCUT2D eigenvalue weighted by molar-refractivity contribution is -0.137. The largest absolute Gasteiger partial charge is 0.418 e. The van der Waals surface area contributed by atoms with Crippen molar-refractivity contribution in [3.8, 4) is 5.69 Å². The van der Waals surface area contributed by atoms with E-state index in [1.807, 2.05) is 0 Å². The van der Waals surface area contributed by atoms with Crippen molar-refractivity contribution in [2.24, 2.45) is 4.99 Å². The second-order valence-electron chi connectivity index (χ2n) is 4.86. The van der Waals surface area contributed by atoms with E-state index in [2.05, 4.69) is 15.4 Å². The van der Waals surface area contributed by atoms with E-state index in [9.17, 15) is 18.0 Å². The Labute approximate surface area is 134 Å². The van der Waals surface area contributed by atoms with Crippen LogP contribution in [0.2, 0.25) is 0 Å². The van der Waals surface area contributed by atoms with Crippen LogP contribution in [0.15, 0.2) is 53.8 Å². The van der Waals surface area contributed by atoms with E-state index in [0.717, 1.165) is 10.7 Å². The molecule has 2 aromatic rings. The number of allylic oxidation sites excluding steroid dienone is 1. The number of nitrogens with zero attached hydrogens (tertiary/aromatic N) is 4. The molecule has 0 aliphatic carbocycles. The fraction of sp³-hybridized carbons (Fsp3) is 0.133. The molecular weight excluding hydrogens is 323 g/mol. The zero-order valence-corrected chi connectivity index (χ0v) is 12.2. The van der Waals surface area contributed by atoms with Gasteiger partial charge in [0.25, 0.3) is 0 Å². The third kappa shape index (κ3) is 3.14. The van der Waals surface area contributed by atoms with Gasteiger partial charge in [0.1, 0.15) is 12.5 Å². The van der Waals surface area contributed by atoms with Gasteiger partial charge in [-0.3, -0.25) is 15.2 Å². The summed E-state index contributed by atoms with van der Waals surface area (Å²) in [5.74, 6) is 0.125. The molecule has 0 saturated heterocycles. The smallest absolute Gasteiger partial charge is 0.292 e. The molecule has 3 rings (SSSR count). The van der Waals surface area contributed by atoms with E-state index in [1.165, 1.54) is 41.6 Å². The third-order valence-corrected chi connectivity index (χ3v) is 3.27. The van der Waals surface area contributed by atoms with Crippen LogP contribution in [-0.4, -0.2) is 33.6 Å². The number of hydrogen-bond donors (Lipinski definition) is 1. The maximum absolute atomic E-state index is 13.2. The van der Waals surface area contributed by atoms with Gasteiger partial charge in [-0.25, -0.2) is 9.48 Å². The number of alkyl halides is 3. The normalized spacial score (nSPS) is 14.0. The highest BCUT2D eigenvalue weighted by Gasteiger charge is 2.34. The van der Waals surface area contributed by atoms with Gasteiger partial charge in [0, 0.05) is 18.5 Å². The van der Waals surface area contributed by atoms with Gasteiger partial charge in [-0.1, -0.05) is 12.1 Å². The molecule has 124 valence electrons. The molecule has 0 spiro atoms. The predicted molar refractivity (Wildman–Crippen MR) is 81.9 cm³/mol. The number of amides is 2. The van der Waals surface area contributed by atoms with Gasteiger partial charge in [-0.2, -0.15) is 18.3 Å². The minimum Gasteiger partial charge on any atom is -0.292 e. The number of para-hydroxylation sites is 1. The Kier molecular flexibility index (Phi) is 4.07. The monoisotopic (exact) mass is 335 g/mol. The summed E-state index contributed by atoms with van der Waals surface area (Å²) in [6.07, 6.45) is 1.43. The second kappa shape index (κ2) is 6.19. The maximum atomic E-state index is 13.2. The van der Waals surface area contributed by atoms with Gasteiger partial charge >= 0.3 is 12.2 Å². The molecule has 2 amide bonds. The summed E-state index contributed by atoms with van der Waals surface area (Å²) in [7, 11) is 0. The first-order valence-electron chi connectivity index (χ1n) is 6.91. The summed E-state index contributed by atoms with van der Waals surface area (Å²) < 4.78 is 40.5. The van der Waals surface area contributed by atoms with Crippen LogP contribution in [0.1, 0.15) is 5.56 Å². The van der Waals surface area contributed by atoms with Crippen molar-refractivity contribution in [1.29, 1.82) is 0 Å². The van der Waals surface area contributed by atoms with Crippen molar-refractivity contribution in [1.82, 2.24) is 14.7 Å². The molecule has 0 unspecified atom stereocenters. The SMILES string of the molecule is O=C(Nc1ccnn1-c1ccccc1C(F)(F)F)N1C=CC=NC1. The quantitative estimate of drug-likeness (QED) is 0.915. The average Bonchev–Trinajstić information content (AvgIpc) is 3.03. The fourth-order valence-electron chi connectivity index (χ4n) is 2.19. The molecule has 0 saturated carbocycles. The highest BCUT2D eigenvalue weighted by molar-refractivity contribution is 5.90. The highest BCUT2D eigenvalue weighted by atomic mass is 19.4. The molecule has 1 aromatic heterocycles. The summed E-state index contributed by atoms with van der Waals surface area (Å²) in [6.45, 7) is 0.135. The van der Waals surface area contributed by atoms with Crippen molar-refractivity contribution in [3.63, 3.8) is 0 Å². The molecule has 0 radical (unpaired) electrons. The number of carbonyl (C=O) groups excluding carboxylic acids is 1. The van der Waals surface area contributed by atoms with Crippen LogP contribution >= 0.6 is 0 Å². The number of anilines is 1. The topological polar surface area (TPSA) is 62.5 Å². The number of benzene rings is 1. The minimum absolute atomic E-state index is 0.125. The maximum Gasteiger partial charge on any atom is 0.418 e. The van der Waals surface area contributed by atoms with Gasteiger partial charge < -0.3 is 0 Å². The highest BCUT2D eigenvalue weighted by Crippen LogP contribution is 2.34. The Bertz CT molecular complexity index is 809. The van der Waals surface area contributed by atoms with E-state index < -0.39 is 17.8 Å². The van der Waals surface area contributed by atoms with Crippen molar-refractivity contribution < 1.29 is 18.0 Å². The molecule has 0 atom stereocenters. The van der Waals surface area contributed by atoms with E-state index >= 15 is 0 Å². The lowest BCUT2D eigenvalue weighted by Gasteiger charge is -2.19. The van der Waals surface area contributed by atoms with Crippen LogP contribution in [0.5, 0.6) is 0 Å². The zero-order valence-electron chi connectivity index (χ0n) is 12.2. The van der Waals surface area contributed by atoms with Crippen molar-refractivity contribution in [3.05, 3.63) is 54.4 Å². The summed E-state index contributed by atoms with van der Waals surface area (Å²) in [5.41, 5.74) is -1.01. The molecule has 6 nitrogen and oxygen atoms in total. The predicted octanol–water partition coefficient (Wildman–Crippen LogP) is 3.28. The van der Waals surface area contributed by atoms with Crippen molar-refractivity contribution in [2.75, 3.05) is 12.0 Å². The molecule has 24 heavy (non-hydrogen) atoms. The van der Waals surface area contributed by atoms with E-state index in [1.54, 1.807) is 12.3 Å². The molecule has 9 heteroatoms. The number of aliphatic imine (C=N–C) groups is 1. The van der Waals surface area contributed by atoms with Crippen LogP contribution in [-0.2, 0) is 6.18 Å². The Hall–Kier alpha value is -3.10. The van der Waals surface area contributed by atoms with Gasteiger partial charge in [0.15, 0.2) is 0 Å². The summed E-state index contributed by atoms with van der Waals surface area (Å²) >= 11 is 0. The molecule has 0 bridgehead atoms. The van der Waals surface area contributed by atoms with Gasteiger partial charge in [-0.15, -0.1) is 0 Å². The number of halogens is 3. The minimum atomic E-state index is -4.53. The first-order chi connectivity index (χ1) is 11.5. The van der Waals surface area contributed by atoms with Gasteiger partial charge in [0.2, 0.25) is 0 Å². The molecule has 2 heterocycles. The first kappa shape index (κ1) is 15.8. The van der Waals surface area contributed by atoms with Crippen LogP contribution < -0.4 is 5.32 Å². The van der Waals surface area contributed by atoms with E-state index in [4.69, 9.17) is 0 Å². The lowest BCUT2D eigenvalue weighted by Crippen LogP contribution is -2.32. The van der Waals surface area contributed by atoms with Crippen LogP contribution in [0.4, 0.5) is 23.8 Å². The molecule has 0 fully saturated rings. The zero-order chi connectivity index (χ0) is 17.2. The number of urea groups is 1. The first-order valence-corrected chi connectivity index (χ1v) is 6.91. The number of rotatable bonds is 2. The Balaban J connectivity index is 1.90. The van der Waals surface area contributed by atoms with Gasteiger partial charge in [-0.05, 0) is 18.2 Å². The molecular formula is C15H12F3N5O.